The Bertz CT molecular complexity index is 1170. The van der Waals surface area contributed by atoms with Crippen molar-refractivity contribution in [2.24, 2.45) is 0 Å². The molecule has 0 saturated carbocycles. The maximum atomic E-state index is 11.3. The number of hydrogen-bond acceptors (Lipinski definition) is 7. The van der Waals surface area contributed by atoms with Gasteiger partial charge in [-0.25, -0.2) is 4.68 Å². The van der Waals surface area contributed by atoms with Gasteiger partial charge in [0.1, 0.15) is 6.04 Å². The molecule has 172 valence electrons. The number of rotatable bonds is 8. The highest BCUT2D eigenvalue weighted by molar-refractivity contribution is 5.89. The normalized spacial score (nSPS) is 14.7. The number of fused-ring (bicyclic) bond motifs is 1. The lowest BCUT2D eigenvalue weighted by atomic mass is 10.0. The van der Waals surface area contributed by atoms with Crippen LogP contribution in [0.2, 0.25) is 0 Å². The van der Waals surface area contributed by atoms with Crippen LogP contribution in [0, 0.1) is 0 Å². The zero-order chi connectivity index (χ0) is 23.4. The van der Waals surface area contributed by atoms with Gasteiger partial charge in [0.2, 0.25) is 11.9 Å². The van der Waals surface area contributed by atoms with Gasteiger partial charge in [-0.2, -0.15) is 10.1 Å². The summed E-state index contributed by atoms with van der Waals surface area (Å²) in [4.78, 5) is 16.0. The fraction of sp³-hybridized carbons (Fsp3) is 0.292. The predicted molar refractivity (Wildman–Crippen MR) is 125 cm³/mol. The molecule has 0 spiro atoms. The number of aliphatic hydroxyl groups is 1. The van der Waals surface area contributed by atoms with E-state index in [4.69, 9.17) is 9.47 Å². The van der Waals surface area contributed by atoms with E-state index in [1.807, 2.05) is 47.1 Å². The minimum absolute atomic E-state index is 0.0839. The summed E-state index contributed by atoms with van der Waals surface area (Å²) in [6, 6.07) is 13.1. The van der Waals surface area contributed by atoms with Gasteiger partial charge in [-0.15, -0.1) is 0 Å². The van der Waals surface area contributed by atoms with E-state index < -0.39 is 0 Å². The molecular weight excluding hydrogens is 422 g/mol. The Labute approximate surface area is 192 Å². The molecule has 4 rings (SSSR count). The van der Waals surface area contributed by atoms with Gasteiger partial charge in [0.05, 0.1) is 14.2 Å². The number of aromatic nitrogens is 3. The molecule has 1 unspecified atom stereocenters. The number of benzene rings is 2. The van der Waals surface area contributed by atoms with Gasteiger partial charge in [-0.1, -0.05) is 18.2 Å². The van der Waals surface area contributed by atoms with Crippen LogP contribution in [-0.2, 0) is 11.2 Å². The van der Waals surface area contributed by atoms with Crippen molar-refractivity contribution < 1.29 is 19.4 Å². The Kier molecular flexibility index (Phi) is 6.60. The summed E-state index contributed by atoms with van der Waals surface area (Å²) in [5.74, 6) is 2.44. The first kappa shape index (κ1) is 22.3. The minimum Gasteiger partial charge on any atom is -0.493 e. The third kappa shape index (κ3) is 4.83. The van der Waals surface area contributed by atoms with E-state index in [0.717, 1.165) is 22.5 Å². The molecule has 1 aliphatic heterocycles. The number of ether oxygens (including phenoxy) is 2. The predicted octanol–water partition coefficient (Wildman–Crippen LogP) is 3.23. The quantitative estimate of drug-likeness (QED) is 0.484. The fourth-order valence-electron chi connectivity index (χ4n) is 3.76. The Morgan fingerprint density at radius 3 is 2.58 bits per heavy atom. The second kappa shape index (κ2) is 9.74. The lowest BCUT2D eigenvalue weighted by molar-refractivity contribution is -0.114. The summed E-state index contributed by atoms with van der Waals surface area (Å²) < 4.78 is 12.7. The molecule has 0 saturated heterocycles. The van der Waals surface area contributed by atoms with Crippen molar-refractivity contribution in [1.29, 1.82) is 0 Å². The number of carbonyl (C=O) groups excluding carboxylic acids is 1. The van der Waals surface area contributed by atoms with Gasteiger partial charge in [0.15, 0.2) is 17.3 Å². The molecule has 9 nitrogen and oxygen atoms in total. The first-order valence-corrected chi connectivity index (χ1v) is 10.7. The highest BCUT2D eigenvalue weighted by Crippen LogP contribution is 2.36. The van der Waals surface area contributed by atoms with Crippen LogP contribution in [0.3, 0.4) is 0 Å². The Balaban J connectivity index is 1.74. The van der Waals surface area contributed by atoms with Crippen LogP contribution in [0.25, 0.3) is 5.70 Å². The van der Waals surface area contributed by atoms with Crippen LogP contribution >= 0.6 is 0 Å². The average Bonchev–Trinajstić information content (AvgIpc) is 3.24. The molecule has 2 aromatic carbocycles. The summed E-state index contributed by atoms with van der Waals surface area (Å²) >= 11 is 0. The second-order valence-electron chi connectivity index (χ2n) is 7.65. The molecule has 3 N–H and O–H groups in total. The maximum absolute atomic E-state index is 11.3. The zero-order valence-electron chi connectivity index (χ0n) is 18.8. The molecule has 3 aromatic rings. The monoisotopic (exact) mass is 449 g/mol. The first-order chi connectivity index (χ1) is 16.0. The molecule has 33 heavy (non-hydrogen) atoms. The largest absolute Gasteiger partial charge is 0.493 e. The van der Waals surface area contributed by atoms with E-state index in [0.29, 0.717) is 36.1 Å². The number of aliphatic hydroxyl groups excluding tert-OH is 1. The van der Waals surface area contributed by atoms with Gasteiger partial charge in [-0.05, 0) is 47.9 Å². The molecule has 1 amide bonds. The van der Waals surface area contributed by atoms with Crippen molar-refractivity contribution in [1.82, 2.24) is 14.8 Å². The molecule has 0 fully saturated rings. The van der Waals surface area contributed by atoms with Crippen molar-refractivity contribution >= 4 is 23.2 Å². The molecule has 0 aliphatic carbocycles. The Morgan fingerprint density at radius 1 is 1.15 bits per heavy atom. The van der Waals surface area contributed by atoms with Gasteiger partial charge in [0, 0.05) is 31.3 Å². The zero-order valence-corrected chi connectivity index (χ0v) is 18.8. The number of hydrogen-bond donors (Lipinski definition) is 3. The first-order valence-electron chi connectivity index (χ1n) is 10.7. The lowest BCUT2D eigenvalue weighted by Crippen LogP contribution is -2.20. The van der Waals surface area contributed by atoms with E-state index >= 15 is 0 Å². The molecule has 9 heteroatoms. The summed E-state index contributed by atoms with van der Waals surface area (Å²) in [7, 11) is 3.21. The van der Waals surface area contributed by atoms with E-state index in [1.54, 1.807) is 14.2 Å². The third-order valence-corrected chi connectivity index (χ3v) is 5.33. The standard InChI is InChI=1S/C24H27N5O4/c1-15(31)25-18-9-6-16(7-10-18)19-14-20(17-8-11-21(32-2)22(13-17)33-3)29-24(26-19)27-23(28-29)5-4-12-30/h6-11,13-14,20,30H,4-5,12H2,1-3H3,(H,25,31)(H,26,27,28). The number of amides is 1. The number of anilines is 2. The number of aryl methyl sites for hydroxylation is 1. The molecule has 1 aromatic heterocycles. The van der Waals surface area contributed by atoms with Crippen LogP contribution in [0.5, 0.6) is 11.5 Å². The SMILES string of the molecule is COc1ccc(C2C=C(c3ccc(NC(C)=O)cc3)Nc3nc(CCCO)nn32)cc1OC. The number of nitrogens with zero attached hydrogens (tertiary/aromatic N) is 3. The maximum Gasteiger partial charge on any atom is 0.226 e. The van der Waals surface area contributed by atoms with Crippen molar-refractivity contribution in [3.63, 3.8) is 0 Å². The van der Waals surface area contributed by atoms with Crippen molar-refractivity contribution in [2.75, 3.05) is 31.5 Å². The summed E-state index contributed by atoms with van der Waals surface area (Å²) in [5.41, 5.74) is 3.51. The average molecular weight is 450 g/mol. The Morgan fingerprint density at radius 2 is 1.91 bits per heavy atom. The van der Waals surface area contributed by atoms with E-state index in [1.165, 1.54) is 6.92 Å². The van der Waals surface area contributed by atoms with E-state index in [2.05, 4.69) is 26.8 Å². The van der Waals surface area contributed by atoms with E-state index in [9.17, 15) is 9.90 Å². The van der Waals surface area contributed by atoms with Crippen LogP contribution in [0.1, 0.15) is 36.3 Å². The van der Waals surface area contributed by atoms with Gasteiger partial charge < -0.3 is 25.2 Å². The number of allylic oxidation sites excluding steroid dienone is 1. The smallest absolute Gasteiger partial charge is 0.226 e. The molecular formula is C24H27N5O4. The summed E-state index contributed by atoms with van der Waals surface area (Å²) in [5, 5.41) is 20.0. The van der Waals surface area contributed by atoms with Crippen molar-refractivity contribution in [3.05, 3.63) is 65.5 Å². The number of methoxy groups -OCH3 is 2. The lowest BCUT2D eigenvalue weighted by Gasteiger charge is -2.25. The summed E-state index contributed by atoms with van der Waals surface area (Å²) in [6.07, 6.45) is 3.25. The number of nitrogens with one attached hydrogen (secondary N) is 2. The fourth-order valence-corrected chi connectivity index (χ4v) is 3.76. The van der Waals surface area contributed by atoms with Crippen molar-refractivity contribution in [3.8, 4) is 11.5 Å². The molecule has 1 aliphatic rings. The van der Waals surface area contributed by atoms with Gasteiger partial charge >= 0.3 is 0 Å². The summed E-state index contributed by atoms with van der Waals surface area (Å²) in [6.45, 7) is 1.56. The van der Waals surface area contributed by atoms with Crippen molar-refractivity contribution in [2.45, 2.75) is 25.8 Å². The van der Waals surface area contributed by atoms with Gasteiger partial charge in [0.25, 0.3) is 0 Å². The van der Waals surface area contributed by atoms with Crippen LogP contribution < -0.4 is 20.1 Å². The Hall–Kier alpha value is -3.85. The third-order valence-electron chi connectivity index (χ3n) is 5.33. The van der Waals surface area contributed by atoms with E-state index in [-0.39, 0.29) is 18.6 Å². The molecule has 0 bridgehead atoms. The molecule has 2 heterocycles. The van der Waals surface area contributed by atoms with Gasteiger partial charge in [-0.3, -0.25) is 4.79 Å². The van der Waals surface area contributed by atoms with Crippen LogP contribution in [0.4, 0.5) is 11.6 Å². The molecule has 1 atom stereocenters. The molecule has 0 radical (unpaired) electrons. The topological polar surface area (TPSA) is 111 Å². The van der Waals surface area contributed by atoms with Crippen LogP contribution in [-0.4, -0.2) is 46.6 Å². The highest BCUT2D eigenvalue weighted by atomic mass is 16.5. The minimum atomic E-state index is -0.235. The second-order valence-corrected chi connectivity index (χ2v) is 7.65. The van der Waals surface area contributed by atoms with Crippen LogP contribution in [0.15, 0.2) is 48.5 Å². The number of carbonyl (C=O) groups is 1. The highest BCUT2D eigenvalue weighted by Gasteiger charge is 2.26.